The van der Waals surface area contributed by atoms with Gasteiger partial charge in [0.1, 0.15) is 11.5 Å². The molecule has 0 unspecified atom stereocenters. The van der Waals surface area contributed by atoms with Gasteiger partial charge in [-0.05, 0) is 83.7 Å². The normalized spacial score (nSPS) is 15.5. The van der Waals surface area contributed by atoms with Crippen LogP contribution in [0.5, 0.6) is 11.5 Å². The number of ether oxygens (including phenoxy) is 1. The Bertz CT molecular complexity index is 2450. The Kier molecular flexibility index (Phi) is 4.97. The van der Waals surface area contributed by atoms with E-state index in [9.17, 15) is 0 Å². The van der Waals surface area contributed by atoms with Crippen molar-refractivity contribution in [3.63, 3.8) is 0 Å². The first-order chi connectivity index (χ1) is 23.2. The highest BCUT2D eigenvalue weighted by Gasteiger charge is 2.57. The molecule has 0 saturated heterocycles. The number of rotatable bonds is 0. The maximum atomic E-state index is 7.34. The van der Waals surface area contributed by atoms with E-state index in [-0.39, 0.29) is 0 Å². The largest absolute Gasteiger partial charge is 0.455 e. The molecular weight excluding hydrogens is 660 g/mol. The lowest BCUT2D eigenvalue weighted by atomic mass is 9.65. The second-order valence-electron chi connectivity index (χ2n) is 12.9. The van der Waals surface area contributed by atoms with E-state index in [0.717, 1.165) is 43.2 Å². The molecule has 7 aromatic carbocycles. The first kappa shape index (κ1) is 26.2. The van der Waals surface area contributed by atoms with Crippen LogP contribution in [0.2, 0.25) is 5.02 Å². The lowest BCUT2D eigenvalue weighted by Gasteiger charge is -2.41. The fraction of sp³-hybridized carbons (Fsp3) is 0.0455. The average molecular weight is 684 g/mol. The zero-order valence-corrected chi connectivity index (χ0v) is 27.4. The highest BCUT2D eigenvalue weighted by atomic mass is 79.9. The van der Waals surface area contributed by atoms with Crippen molar-refractivity contribution in [3.8, 4) is 44.9 Å². The number of hydrogen-bond donors (Lipinski definition) is 0. The maximum Gasteiger partial charge on any atom is 0.146 e. The molecule has 1 heterocycles. The van der Waals surface area contributed by atoms with Gasteiger partial charge in [-0.25, -0.2) is 0 Å². The molecule has 3 aliphatic carbocycles. The molecule has 47 heavy (non-hydrogen) atoms. The van der Waals surface area contributed by atoms with Crippen molar-refractivity contribution in [2.75, 3.05) is 0 Å². The van der Waals surface area contributed by atoms with Crippen LogP contribution in [0.1, 0.15) is 44.5 Å². The molecule has 0 amide bonds. The third kappa shape index (κ3) is 2.87. The number of fused-ring (bicyclic) bond motifs is 20. The first-order valence-electron chi connectivity index (χ1n) is 16.0. The minimum absolute atomic E-state index is 0.520. The monoisotopic (exact) mass is 682 g/mol. The van der Waals surface area contributed by atoms with Gasteiger partial charge in [-0.2, -0.15) is 0 Å². The van der Waals surface area contributed by atoms with Crippen LogP contribution in [0.4, 0.5) is 0 Å². The summed E-state index contributed by atoms with van der Waals surface area (Å²) in [6, 6.07) is 53.1. The molecule has 7 aromatic rings. The van der Waals surface area contributed by atoms with Gasteiger partial charge in [0.25, 0.3) is 0 Å². The molecule has 1 aliphatic heterocycles. The molecule has 0 N–H and O–H groups in total. The summed E-state index contributed by atoms with van der Waals surface area (Å²) in [4.78, 5) is 0. The predicted molar refractivity (Wildman–Crippen MR) is 193 cm³/mol. The zero-order chi connectivity index (χ0) is 31.1. The highest BCUT2D eigenvalue weighted by Crippen LogP contribution is 2.70. The van der Waals surface area contributed by atoms with Crippen molar-refractivity contribution in [3.05, 3.63) is 200 Å². The van der Waals surface area contributed by atoms with Crippen LogP contribution < -0.4 is 4.74 Å². The highest BCUT2D eigenvalue weighted by molar-refractivity contribution is 9.10. The quantitative estimate of drug-likeness (QED) is 0.155. The minimum Gasteiger partial charge on any atom is -0.455 e. The summed E-state index contributed by atoms with van der Waals surface area (Å²) in [6.07, 6.45) is 0. The van der Waals surface area contributed by atoms with E-state index in [0.29, 0.717) is 0 Å². The molecule has 0 saturated carbocycles. The molecule has 0 atom stereocenters. The van der Waals surface area contributed by atoms with Crippen LogP contribution in [-0.2, 0) is 10.8 Å². The summed E-state index contributed by atoms with van der Waals surface area (Å²) in [6.45, 7) is 0. The molecule has 1 nitrogen and oxygen atoms in total. The summed E-state index contributed by atoms with van der Waals surface area (Å²) >= 11 is 11.3. The summed E-state index contributed by atoms with van der Waals surface area (Å²) in [7, 11) is 0. The van der Waals surface area contributed by atoms with Crippen LogP contribution >= 0.6 is 27.5 Å². The van der Waals surface area contributed by atoms with Gasteiger partial charge in [-0.3, -0.25) is 0 Å². The number of para-hydroxylation sites is 1. The van der Waals surface area contributed by atoms with Gasteiger partial charge < -0.3 is 4.74 Å². The molecule has 0 bridgehead atoms. The van der Waals surface area contributed by atoms with Crippen LogP contribution in [0.3, 0.4) is 0 Å². The van der Waals surface area contributed by atoms with E-state index in [1.165, 1.54) is 55.6 Å². The summed E-state index contributed by atoms with van der Waals surface area (Å²) < 4.78 is 8.19. The van der Waals surface area contributed by atoms with Crippen molar-refractivity contribution < 1.29 is 4.74 Å². The van der Waals surface area contributed by atoms with Gasteiger partial charge in [0, 0.05) is 27.3 Å². The molecule has 3 heteroatoms. The van der Waals surface area contributed by atoms with Gasteiger partial charge in [-0.1, -0.05) is 145 Å². The van der Waals surface area contributed by atoms with E-state index in [4.69, 9.17) is 16.3 Å². The SMILES string of the molecule is Clc1cccc2c1-c1c(ccc3c1Oc1c(Br)cccc1C31c3ccccc3-c3ccccc31)C21c2ccccc2-c2ccccc21. The van der Waals surface area contributed by atoms with Crippen LogP contribution in [0.15, 0.2) is 150 Å². The number of benzene rings is 7. The van der Waals surface area contributed by atoms with Crippen molar-refractivity contribution in [1.82, 2.24) is 0 Å². The third-order valence-corrected chi connectivity index (χ3v) is 12.1. The van der Waals surface area contributed by atoms with Gasteiger partial charge in [0.15, 0.2) is 0 Å². The fourth-order valence-electron chi connectivity index (χ4n) is 9.57. The predicted octanol–water partition coefficient (Wildman–Crippen LogP) is 11.9. The molecule has 0 aromatic heterocycles. The van der Waals surface area contributed by atoms with Crippen molar-refractivity contribution in [1.29, 1.82) is 0 Å². The Morgan fingerprint density at radius 1 is 0.383 bits per heavy atom. The van der Waals surface area contributed by atoms with Crippen LogP contribution in [-0.4, -0.2) is 0 Å². The third-order valence-electron chi connectivity index (χ3n) is 11.1. The number of halogens is 2. The van der Waals surface area contributed by atoms with E-state index >= 15 is 0 Å². The van der Waals surface area contributed by atoms with E-state index in [1.54, 1.807) is 0 Å². The average Bonchev–Trinajstić information content (AvgIpc) is 3.70. The van der Waals surface area contributed by atoms with E-state index in [1.807, 2.05) is 6.07 Å². The van der Waals surface area contributed by atoms with Gasteiger partial charge in [0.2, 0.25) is 0 Å². The molecule has 0 fully saturated rings. The van der Waals surface area contributed by atoms with E-state index < -0.39 is 10.8 Å². The molecular formula is C44H24BrClO. The van der Waals surface area contributed by atoms with Crippen molar-refractivity contribution >= 4 is 27.5 Å². The van der Waals surface area contributed by atoms with Crippen molar-refractivity contribution in [2.24, 2.45) is 0 Å². The van der Waals surface area contributed by atoms with E-state index in [2.05, 4.69) is 155 Å². The topological polar surface area (TPSA) is 9.23 Å². The Morgan fingerprint density at radius 3 is 1.36 bits per heavy atom. The molecule has 0 radical (unpaired) electrons. The van der Waals surface area contributed by atoms with Crippen LogP contribution in [0, 0.1) is 0 Å². The summed E-state index contributed by atoms with van der Waals surface area (Å²) in [5.74, 6) is 1.73. The van der Waals surface area contributed by atoms with Crippen molar-refractivity contribution in [2.45, 2.75) is 10.8 Å². The van der Waals surface area contributed by atoms with Gasteiger partial charge in [0.05, 0.1) is 15.3 Å². The number of hydrogen-bond acceptors (Lipinski definition) is 1. The maximum absolute atomic E-state index is 7.34. The van der Waals surface area contributed by atoms with Crippen LogP contribution in [0.25, 0.3) is 33.4 Å². The first-order valence-corrected chi connectivity index (χ1v) is 17.2. The van der Waals surface area contributed by atoms with Gasteiger partial charge in [-0.15, -0.1) is 0 Å². The lowest BCUT2D eigenvalue weighted by Crippen LogP contribution is -2.33. The second-order valence-corrected chi connectivity index (χ2v) is 14.2. The smallest absolute Gasteiger partial charge is 0.146 e. The Morgan fingerprint density at radius 2 is 0.787 bits per heavy atom. The fourth-order valence-corrected chi connectivity index (χ4v) is 10.3. The standard InChI is InChI=1S/C44H24BrClO/c45-37-21-9-20-35-41(37)47-42-36(44(35)31-17-7-3-13-27(31)28-14-4-8-18-32(28)44)24-23-34-40(42)39-33(19-10-22-38(39)46)43(34)29-15-5-1-11-25(29)26-12-2-6-16-30(26)43/h1-24H. The summed E-state index contributed by atoms with van der Waals surface area (Å²) in [5.41, 5.74) is 15.9. The Labute approximate surface area is 286 Å². The molecule has 11 rings (SSSR count). The Balaban J connectivity index is 1.34. The summed E-state index contributed by atoms with van der Waals surface area (Å²) in [5, 5.41) is 0.735. The minimum atomic E-state index is -0.572. The zero-order valence-electron chi connectivity index (χ0n) is 25.0. The van der Waals surface area contributed by atoms with Gasteiger partial charge >= 0.3 is 0 Å². The molecule has 2 spiro atoms. The lowest BCUT2D eigenvalue weighted by molar-refractivity contribution is 0.435. The Hall–Kier alpha value is -4.89. The molecule has 4 aliphatic rings. The molecule has 220 valence electrons. The second kappa shape index (κ2) is 8.92.